The van der Waals surface area contributed by atoms with Crippen LogP contribution in [0, 0.1) is 5.82 Å². The zero-order valence-electron chi connectivity index (χ0n) is 9.63. The molecule has 19 heavy (non-hydrogen) atoms. The maximum absolute atomic E-state index is 13.6. The van der Waals surface area contributed by atoms with E-state index < -0.39 is 6.04 Å². The predicted molar refractivity (Wildman–Crippen MR) is 79.7 cm³/mol. The predicted octanol–water partition coefficient (Wildman–Crippen LogP) is 4.45. The van der Waals surface area contributed by atoms with Crippen molar-refractivity contribution in [2.45, 2.75) is 6.04 Å². The van der Waals surface area contributed by atoms with Gasteiger partial charge < -0.3 is 0 Å². The minimum atomic E-state index is -0.436. The van der Waals surface area contributed by atoms with E-state index in [1.807, 2.05) is 0 Å². The lowest BCUT2D eigenvalue weighted by molar-refractivity contribution is 0.601. The van der Waals surface area contributed by atoms with Crippen molar-refractivity contribution >= 4 is 39.1 Å². The molecular formula is C13H10BrCl2FN2. The standard InChI is InChI=1S/C13H10BrCl2FN2/c14-9-5-4-7(6-11(9)17)13(19-18)8-2-1-3-10(15)12(8)16/h1-6,13,19H,18H2. The van der Waals surface area contributed by atoms with Crippen molar-refractivity contribution in [2.75, 3.05) is 0 Å². The number of rotatable bonds is 3. The summed E-state index contributed by atoms with van der Waals surface area (Å²) in [5.41, 5.74) is 3.98. The van der Waals surface area contributed by atoms with E-state index in [2.05, 4.69) is 21.4 Å². The molecule has 0 aliphatic carbocycles. The van der Waals surface area contributed by atoms with E-state index in [1.165, 1.54) is 6.07 Å². The molecule has 2 nitrogen and oxygen atoms in total. The Morgan fingerprint density at radius 3 is 2.58 bits per heavy atom. The first-order valence-corrected chi connectivity index (χ1v) is 6.94. The monoisotopic (exact) mass is 362 g/mol. The third-order valence-electron chi connectivity index (χ3n) is 2.74. The van der Waals surface area contributed by atoms with E-state index in [1.54, 1.807) is 30.3 Å². The molecule has 0 heterocycles. The topological polar surface area (TPSA) is 38.0 Å². The van der Waals surface area contributed by atoms with Gasteiger partial charge in [-0.05, 0) is 45.3 Å². The Morgan fingerprint density at radius 2 is 1.95 bits per heavy atom. The highest BCUT2D eigenvalue weighted by Gasteiger charge is 2.18. The molecule has 0 radical (unpaired) electrons. The Hall–Kier alpha value is -0.650. The van der Waals surface area contributed by atoms with Crippen LogP contribution in [0.25, 0.3) is 0 Å². The number of nitrogens with two attached hydrogens (primary N) is 1. The van der Waals surface area contributed by atoms with Gasteiger partial charge in [0.15, 0.2) is 0 Å². The number of hydrogen-bond acceptors (Lipinski definition) is 2. The van der Waals surface area contributed by atoms with Gasteiger partial charge in [0, 0.05) is 0 Å². The Bertz CT molecular complexity index is 607. The van der Waals surface area contributed by atoms with Crippen molar-refractivity contribution in [2.24, 2.45) is 5.84 Å². The fraction of sp³-hybridized carbons (Fsp3) is 0.0769. The van der Waals surface area contributed by atoms with Gasteiger partial charge in [-0.15, -0.1) is 0 Å². The van der Waals surface area contributed by atoms with Crippen molar-refractivity contribution in [1.82, 2.24) is 5.43 Å². The summed E-state index contributed by atoms with van der Waals surface area (Å²) in [5, 5.41) is 0.826. The average Bonchev–Trinajstić information content (AvgIpc) is 2.39. The Kier molecular flexibility index (Phi) is 4.81. The highest BCUT2D eigenvalue weighted by atomic mass is 79.9. The van der Waals surface area contributed by atoms with Gasteiger partial charge in [0.1, 0.15) is 5.82 Å². The number of hydrazine groups is 1. The highest BCUT2D eigenvalue weighted by Crippen LogP contribution is 2.33. The number of hydrogen-bond donors (Lipinski definition) is 2. The molecule has 0 saturated heterocycles. The summed E-state index contributed by atoms with van der Waals surface area (Å²) in [5.74, 6) is 5.19. The Balaban J connectivity index is 2.50. The van der Waals surface area contributed by atoms with Crippen LogP contribution < -0.4 is 11.3 Å². The van der Waals surface area contributed by atoms with Gasteiger partial charge in [-0.3, -0.25) is 5.84 Å². The molecule has 6 heteroatoms. The molecule has 0 bridgehead atoms. The van der Waals surface area contributed by atoms with Crippen LogP contribution in [-0.2, 0) is 0 Å². The minimum Gasteiger partial charge on any atom is -0.271 e. The molecule has 1 atom stereocenters. The maximum atomic E-state index is 13.6. The third kappa shape index (κ3) is 3.09. The molecule has 0 saturated carbocycles. The second-order valence-electron chi connectivity index (χ2n) is 3.92. The van der Waals surface area contributed by atoms with Crippen LogP contribution in [0.3, 0.4) is 0 Å². The van der Waals surface area contributed by atoms with Crippen molar-refractivity contribution in [3.63, 3.8) is 0 Å². The first-order valence-electron chi connectivity index (χ1n) is 5.39. The maximum Gasteiger partial charge on any atom is 0.137 e. The first kappa shape index (κ1) is 14.8. The van der Waals surface area contributed by atoms with E-state index in [0.717, 1.165) is 0 Å². The van der Waals surface area contributed by atoms with Crippen LogP contribution in [-0.4, -0.2) is 0 Å². The van der Waals surface area contributed by atoms with Gasteiger partial charge in [0.05, 0.1) is 20.6 Å². The molecule has 0 amide bonds. The molecule has 0 spiro atoms. The second kappa shape index (κ2) is 6.20. The summed E-state index contributed by atoms with van der Waals surface area (Å²) < 4.78 is 14.0. The average molecular weight is 364 g/mol. The van der Waals surface area contributed by atoms with Gasteiger partial charge >= 0.3 is 0 Å². The fourth-order valence-electron chi connectivity index (χ4n) is 1.80. The van der Waals surface area contributed by atoms with Crippen LogP contribution in [0.5, 0.6) is 0 Å². The van der Waals surface area contributed by atoms with Crippen LogP contribution in [0.2, 0.25) is 10.0 Å². The molecule has 0 aliphatic rings. The van der Waals surface area contributed by atoms with Gasteiger partial charge in [0.25, 0.3) is 0 Å². The lowest BCUT2D eigenvalue weighted by Gasteiger charge is -2.19. The Labute approximate surface area is 128 Å². The number of nitrogens with one attached hydrogen (secondary N) is 1. The molecule has 0 aromatic heterocycles. The largest absolute Gasteiger partial charge is 0.271 e. The summed E-state index contributed by atoms with van der Waals surface area (Å²) in [6.45, 7) is 0. The zero-order chi connectivity index (χ0) is 14.0. The van der Waals surface area contributed by atoms with E-state index in [9.17, 15) is 4.39 Å². The molecule has 0 fully saturated rings. The normalized spacial score (nSPS) is 12.5. The third-order valence-corrected chi connectivity index (χ3v) is 4.21. The van der Waals surface area contributed by atoms with Gasteiger partial charge in [-0.2, -0.15) is 0 Å². The van der Waals surface area contributed by atoms with E-state index in [-0.39, 0.29) is 5.82 Å². The second-order valence-corrected chi connectivity index (χ2v) is 5.56. The minimum absolute atomic E-state index is 0.365. The summed E-state index contributed by atoms with van der Waals surface area (Å²) in [7, 11) is 0. The molecule has 3 N–H and O–H groups in total. The SMILES string of the molecule is NNC(c1ccc(Br)c(F)c1)c1cccc(Cl)c1Cl. The van der Waals surface area contributed by atoms with Crippen LogP contribution in [0.4, 0.5) is 4.39 Å². The van der Waals surface area contributed by atoms with Gasteiger partial charge in [-0.1, -0.05) is 41.4 Å². The van der Waals surface area contributed by atoms with Crippen LogP contribution in [0.1, 0.15) is 17.2 Å². The summed E-state index contributed by atoms with van der Waals surface area (Å²) in [4.78, 5) is 0. The van der Waals surface area contributed by atoms with E-state index in [4.69, 9.17) is 29.0 Å². The lowest BCUT2D eigenvalue weighted by Crippen LogP contribution is -2.29. The molecule has 100 valence electrons. The zero-order valence-corrected chi connectivity index (χ0v) is 12.7. The summed E-state index contributed by atoms with van der Waals surface area (Å²) in [6, 6.07) is 9.58. The Morgan fingerprint density at radius 1 is 1.21 bits per heavy atom. The molecule has 0 aliphatic heterocycles. The highest BCUT2D eigenvalue weighted by molar-refractivity contribution is 9.10. The summed E-state index contributed by atoms with van der Waals surface area (Å²) in [6.07, 6.45) is 0. The van der Waals surface area contributed by atoms with Gasteiger partial charge in [-0.25, -0.2) is 9.82 Å². The quantitative estimate of drug-likeness (QED) is 0.624. The van der Waals surface area contributed by atoms with Crippen molar-refractivity contribution in [3.8, 4) is 0 Å². The fourth-order valence-corrected chi connectivity index (χ4v) is 2.46. The van der Waals surface area contributed by atoms with Crippen molar-refractivity contribution < 1.29 is 4.39 Å². The van der Waals surface area contributed by atoms with E-state index >= 15 is 0 Å². The smallest absolute Gasteiger partial charge is 0.137 e. The molecule has 2 rings (SSSR count). The number of halogens is 4. The van der Waals surface area contributed by atoms with Crippen LogP contribution in [0.15, 0.2) is 40.9 Å². The van der Waals surface area contributed by atoms with Crippen LogP contribution >= 0.6 is 39.1 Å². The molecule has 2 aromatic rings. The van der Waals surface area contributed by atoms with E-state index in [0.29, 0.717) is 25.6 Å². The van der Waals surface area contributed by atoms with Crippen molar-refractivity contribution in [3.05, 3.63) is 67.9 Å². The first-order chi connectivity index (χ1) is 9.04. The molecule has 1 unspecified atom stereocenters. The van der Waals surface area contributed by atoms with Crippen molar-refractivity contribution in [1.29, 1.82) is 0 Å². The van der Waals surface area contributed by atoms with Gasteiger partial charge in [0.2, 0.25) is 0 Å². The molecular weight excluding hydrogens is 354 g/mol. The lowest BCUT2D eigenvalue weighted by atomic mass is 9.99. The summed E-state index contributed by atoms with van der Waals surface area (Å²) >= 11 is 15.2. The number of benzene rings is 2. The molecule has 2 aromatic carbocycles.